The van der Waals surface area contributed by atoms with E-state index in [1.165, 1.54) is 0 Å². The monoisotopic (exact) mass is 354 g/mol. The van der Waals surface area contributed by atoms with E-state index in [1.54, 1.807) is 6.20 Å². The Morgan fingerprint density at radius 2 is 1.91 bits per heavy atom. The third-order valence-corrected chi connectivity index (χ3v) is 4.05. The summed E-state index contributed by atoms with van der Waals surface area (Å²) in [7, 11) is 0. The largest absolute Gasteiger partial charge is 0.294 e. The van der Waals surface area contributed by atoms with E-state index in [-0.39, 0.29) is 11.8 Å². The van der Waals surface area contributed by atoms with Crippen molar-refractivity contribution in [2.24, 2.45) is 0 Å². The number of aromatic nitrogens is 2. The van der Waals surface area contributed by atoms with Crippen LogP contribution in [0.2, 0.25) is 0 Å². The predicted molar refractivity (Wildman–Crippen MR) is 89.9 cm³/mol. The van der Waals surface area contributed by atoms with E-state index in [4.69, 9.17) is 0 Å². The minimum Gasteiger partial charge on any atom is -0.294 e. The molecule has 0 bridgehead atoms. The molecule has 3 aromatic rings. The smallest absolute Gasteiger partial charge is 0.165 e. The van der Waals surface area contributed by atoms with Crippen molar-refractivity contribution >= 4 is 21.7 Å². The molecule has 0 amide bonds. The SMILES string of the molecule is O=C(C[C@H](c1cccc(Br)c1)n1cccn1)c1ccccc1. The standard InChI is InChI=1S/C18H15BrN2O/c19-16-9-4-8-15(12-16)17(21-11-5-10-20-21)13-18(22)14-6-2-1-3-7-14/h1-12,17H,13H2/t17-/m1/s1. The Labute approximate surface area is 137 Å². The van der Waals surface area contributed by atoms with Gasteiger partial charge in [0.1, 0.15) is 0 Å². The van der Waals surface area contributed by atoms with Gasteiger partial charge in [0.15, 0.2) is 5.78 Å². The van der Waals surface area contributed by atoms with Crippen molar-refractivity contribution in [1.82, 2.24) is 9.78 Å². The van der Waals surface area contributed by atoms with Crippen LogP contribution >= 0.6 is 15.9 Å². The Hall–Kier alpha value is -2.20. The van der Waals surface area contributed by atoms with Gasteiger partial charge in [-0.1, -0.05) is 58.4 Å². The van der Waals surface area contributed by atoms with Gasteiger partial charge in [0.25, 0.3) is 0 Å². The lowest BCUT2D eigenvalue weighted by Crippen LogP contribution is -2.16. The molecule has 0 saturated carbocycles. The molecule has 0 radical (unpaired) electrons. The van der Waals surface area contributed by atoms with Gasteiger partial charge in [0.2, 0.25) is 0 Å². The number of hydrogen-bond acceptors (Lipinski definition) is 2. The molecule has 2 aromatic carbocycles. The number of rotatable bonds is 5. The molecule has 0 saturated heterocycles. The van der Waals surface area contributed by atoms with Crippen LogP contribution in [-0.4, -0.2) is 15.6 Å². The minimum atomic E-state index is -0.111. The zero-order valence-corrected chi connectivity index (χ0v) is 13.5. The summed E-state index contributed by atoms with van der Waals surface area (Å²) < 4.78 is 2.83. The van der Waals surface area contributed by atoms with E-state index >= 15 is 0 Å². The summed E-state index contributed by atoms with van der Waals surface area (Å²) in [5.41, 5.74) is 1.79. The second-order valence-corrected chi connectivity index (χ2v) is 5.97. The van der Waals surface area contributed by atoms with E-state index in [9.17, 15) is 4.79 Å². The quantitative estimate of drug-likeness (QED) is 0.632. The Morgan fingerprint density at radius 3 is 2.59 bits per heavy atom. The molecule has 3 nitrogen and oxygen atoms in total. The lowest BCUT2D eigenvalue weighted by Gasteiger charge is -2.18. The Bertz CT molecular complexity index is 754. The van der Waals surface area contributed by atoms with Gasteiger partial charge >= 0.3 is 0 Å². The van der Waals surface area contributed by atoms with Crippen molar-refractivity contribution in [3.8, 4) is 0 Å². The summed E-state index contributed by atoms with van der Waals surface area (Å²) in [6, 6.07) is 19.1. The molecule has 0 fully saturated rings. The van der Waals surface area contributed by atoms with Crippen LogP contribution in [0.4, 0.5) is 0 Å². The first-order valence-electron chi connectivity index (χ1n) is 7.07. The van der Waals surface area contributed by atoms with Crippen molar-refractivity contribution < 1.29 is 4.79 Å². The van der Waals surface area contributed by atoms with Crippen LogP contribution in [0.25, 0.3) is 0 Å². The normalized spacial score (nSPS) is 12.0. The topological polar surface area (TPSA) is 34.9 Å². The fourth-order valence-corrected chi connectivity index (χ4v) is 2.88. The number of ketones is 1. The molecule has 0 unspecified atom stereocenters. The number of halogens is 1. The van der Waals surface area contributed by atoms with Gasteiger partial charge in [-0.2, -0.15) is 5.10 Å². The minimum absolute atomic E-state index is 0.111. The van der Waals surface area contributed by atoms with E-state index in [0.29, 0.717) is 6.42 Å². The van der Waals surface area contributed by atoms with Gasteiger partial charge in [-0.3, -0.25) is 9.48 Å². The molecule has 4 heteroatoms. The molecule has 110 valence electrons. The first-order valence-corrected chi connectivity index (χ1v) is 7.86. The van der Waals surface area contributed by atoms with Crippen LogP contribution in [0.5, 0.6) is 0 Å². The second-order valence-electron chi connectivity index (χ2n) is 5.05. The van der Waals surface area contributed by atoms with Gasteiger partial charge < -0.3 is 0 Å². The van der Waals surface area contributed by atoms with Crippen LogP contribution in [0, 0.1) is 0 Å². The first-order chi connectivity index (χ1) is 10.7. The van der Waals surface area contributed by atoms with Crippen molar-refractivity contribution in [2.45, 2.75) is 12.5 Å². The second kappa shape index (κ2) is 6.71. The summed E-state index contributed by atoms with van der Waals surface area (Å²) in [6.07, 6.45) is 4.00. The van der Waals surface area contributed by atoms with Crippen molar-refractivity contribution in [3.63, 3.8) is 0 Å². The maximum absolute atomic E-state index is 12.6. The zero-order valence-electron chi connectivity index (χ0n) is 11.9. The third-order valence-electron chi connectivity index (χ3n) is 3.55. The number of benzene rings is 2. The van der Waals surface area contributed by atoms with Crippen molar-refractivity contribution in [1.29, 1.82) is 0 Å². The van der Waals surface area contributed by atoms with E-state index in [1.807, 2.05) is 71.5 Å². The van der Waals surface area contributed by atoms with Crippen molar-refractivity contribution in [2.75, 3.05) is 0 Å². The van der Waals surface area contributed by atoms with Crippen LogP contribution < -0.4 is 0 Å². The van der Waals surface area contributed by atoms with E-state index in [0.717, 1.165) is 15.6 Å². The average molecular weight is 355 g/mol. The number of carbonyl (C=O) groups is 1. The van der Waals surface area contributed by atoms with E-state index in [2.05, 4.69) is 21.0 Å². The molecule has 0 aliphatic rings. The Kier molecular flexibility index (Phi) is 4.49. The molecule has 1 heterocycles. The van der Waals surface area contributed by atoms with Crippen molar-refractivity contribution in [3.05, 3.63) is 88.7 Å². The maximum atomic E-state index is 12.6. The summed E-state index contributed by atoms with van der Waals surface area (Å²) >= 11 is 3.49. The number of nitrogens with zero attached hydrogens (tertiary/aromatic N) is 2. The van der Waals surface area contributed by atoms with Gasteiger partial charge in [-0.25, -0.2) is 0 Å². The van der Waals surface area contributed by atoms with Crippen LogP contribution in [-0.2, 0) is 0 Å². The molecular formula is C18H15BrN2O. The third kappa shape index (κ3) is 3.34. The fraction of sp³-hybridized carbons (Fsp3) is 0.111. The van der Waals surface area contributed by atoms with Crippen LogP contribution in [0.1, 0.15) is 28.4 Å². The Balaban J connectivity index is 1.92. The predicted octanol–water partition coefficient (Wildman–Crippen LogP) is 4.51. The summed E-state index contributed by atoms with van der Waals surface area (Å²) in [5.74, 6) is 0.112. The molecule has 0 aliphatic carbocycles. The molecule has 0 aliphatic heterocycles. The molecular weight excluding hydrogens is 340 g/mol. The molecule has 22 heavy (non-hydrogen) atoms. The molecule has 0 spiro atoms. The Morgan fingerprint density at radius 1 is 1.09 bits per heavy atom. The lowest BCUT2D eigenvalue weighted by molar-refractivity contribution is 0.0967. The summed E-state index contributed by atoms with van der Waals surface area (Å²) in [4.78, 5) is 12.6. The fourth-order valence-electron chi connectivity index (χ4n) is 2.46. The number of carbonyl (C=O) groups excluding carboxylic acids is 1. The molecule has 3 rings (SSSR count). The lowest BCUT2D eigenvalue weighted by atomic mass is 9.98. The van der Waals surface area contributed by atoms with Gasteiger partial charge in [0, 0.05) is 28.9 Å². The zero-order chi connectivity index (χ0) is 15.4. The van der Waals surface area contributed by atoms with Gasteiger partial charge in [-0.05, 0) is 23.8 Å². The van der Waals surface area contributed by atoms with Gasteiger partial charge in [-0.15, -0.1) is 0 Å². The first kappa shape index (κ1) is 14.7. The van der Waals surface area contributed by atoms with E-state index < -0.39 is 0 Å². The average Bonchev–Trinajstić information content (AvgIpc) is 3.07. The highest BCUT2D eigenvalue weighted by Gasteiger charge is 2.19. The highest BCUT2D eigenvalue weighted by molar-refractivity contribution is 9.10. The van der Waals surface area contributed by atoms with Gasteiger partial charge in [0.05, 0.1) is 6.04 Å². The number of Topliss-reactive ketones (excluding diaryl/α,β-unsaturated/α-hetero) is 1. The van der Waals surface area contributed by atoms with Crippen LogP contribution in [0.3, 0.4) is 0 Å². The molecule has 1 aromatic heterocycles. The maximum Gasteiger partial charge on any atom is 0.165 e. The number of hydrogen-bond donors (Lipinski definition) is 0. The highest BCUT2D eigenvalue weighted by Crippen LogP contribution is 2.25. The molecule has 0 N–H and O–H groups in total. The summed E-state index contributed by atoms with van der Waals surface area (Å²) in [6.45, 7) is 0. The highest BCUT2D eigenvalue weighted by atomic mass is 79.9. The van der Waals surface area contributed by atoms with Crippen LogP contribution in [0.15, 0.2) is 77.5 Å². The summed E-state index contributed by atoms with van der Waals surface area (Å²) in [5, 5.41) is 4.32. The molecule has 1 atom stereocenters.